The van der Waals surface area contributed by atoms with E-state index < -0.39 is 0 Å². The highest BCUT2D eigenvalue weighted by atomic mass is 79.9. The molecule has 1 aromatic carbocycles. The summed E-state index contributed by atoms with van der Waals surface area (Å²) < 4.78 is 4.32. The summed E-state index contributed by atoms with van der Waals surface area (Å²) in [5.74, 6) is 0. The van der Waals surface area contributed by atoms with E-state index in [4.69, 9.17) is 5.73 Å². The van der Waals surface area contributed by atoms with Crippen LogP contribution in [0.3, 0.4) is 0 Å². The van der Waals surface area contributed by atoms with Crippen molar-refractivity contribution in [3.05, 3.63) is 51.1 Å². The Morgan fingerprint density at radius 1 is 1.28 bits per heavy atom. The average Bonchev–Trinajstić information content (AvgIpc) is 2.59. The fourth-order valence-corrected chi connectivity index (χ4v) is 2.46. The second-order valence-electron chi connectivity index (χ2n) is 4.60. The van der Waals surface area contributed by atoms with E-state index in [0.29, 0.717) is 12.2 Å². The number of nitrogens with two attached hydrogens (primary N) is 1. The molecule has 0 aliphatic rings. The summed E-state index contributed by atoms with van der Waals surface area (Å²) in [5, 5.41) is 0. The van der Waals surface area contributed by atoms with Gasteiger partial charge in [-0.3, -0.25) is 9.13 Å². The lowest BCUT2D eigenvalue weighted by Gasteiger charge is -2.06. The third-order valence-corrected chi connectivity index (χ3v) is 3.22. The van der Waals surface area contributed by atoms with Crippen LogP contribution in [0.4, 0.5) is 5.69 Å². The van der Waals surface area contributed by atoms with Gasteiger partial charge in [-0.15, -0.1) is 0 Å². The molecule has 0 radical (unpaired) electrons. The van der Waals surface area contributed by atoms with Gasteiger partial charge in [-0.2, -0.15) is 0 Å². The Balaban J connectivity index is 2.32. The number of halogens is 1. The maximum absolute atomic E-state index is 12.1. The number of hydrogen-bond donors (Lipinski definition) is 1. The molecular formula is C13H16BrN3O. The van der Waals surface area contributed by atoms with Crippen LogP contribution in [0.15, 0.2) is 39.9 Å². The first-order chi connectivity index (χ1) is 8.47. The van der Waals surface area contributed by atoms with Crippen LogP contribution in [-0.2, 0) is 6.54 Å². The van der Waals surface area contributed by atoms with Crippen LogP contribution < -0.4 is 11.4 Å². The topological polar surface area (TPSA) is 52.9 Å². The highest BCUT2D eigenvalue weighted by molar-refractivity contribution is 9.10. The number of benzene rings is 1. The van der Waals surface area contributed by atoms with Crippen LogP contribution in [0.5, 0.6) is 0 Å². The quantitative estimate of drug-likeness (QED) is 0.886. The lowest BCUT2D eigenvalue weighted by Crippen LogP contribution is -2.25. The highest BCUT2D eigenvalue weighted by Crippen LogP contribution is 2.17. The van der Waals surface area contributed by atoms with E-state index in [0.717, 1.165) is 10.0 Å². The normalized spacial score (nSPS) is 11.1. The molecule has 18 heavy (non-hydrogen) atoms. The molecule has 1 heterocycles. The number of aromatic nitrogens is 2. The molecule has 0 bridgehead atoms. The van der Waals surface area contributed by atoms with E-state index in [9.17, 15) is 4.79 Å². The Kier molecular flexibility index (Phi) is 3.61. The Labute approximate surface area is 114 Å². The SMILES string of the molecule is CC(C)n1ccn(Cc2cc(N)cc(Br)c2)c1=O. The van der Waals surface area contributed by atoms with Crippen LogP contribution in [-0.4, -0.2) is 9.13 Å². The Bertz CT molecular complexity index is 593. The predicted octanol–water partition coefficient (Wildman–Crippen LogP) is 2.62. The molecule has 2 rings (SSSR count). The van der Waals surface area contributed by atoms with E-state index in [1.54, 1.807) is 15.3 Å². The lowest BCUT2D eigenvalue weighted by atomic mass is 10.2. The molecule has 0 spiro atoms. The van der Waals surface area contributed by atoms with Crippen LogP contribution in [0, 0.1) is 0 Å². The molecule has 0 aliphatic heterocycles. The highest BCUT2D eigenvalue weighted by Gasteiger charge is 2.07. The lowest BCUT2D eigenvalue weighted by molar-refractivity contribution is 0.561. The van der Waals surface area contributed by atoms with Crippen molar-refractivity contribution in [2.45, 2.75) is 26.4 Å². The zero-order valence-electron chi connectivity index (χ0n) is 10.4. The summed E-state index contributed by atoms with van der Waals surface area (Å²) in [7, 11) is 0. The fraction of sp³-hybridized carbons (Fsp3) is 0.308. The van der Waals surface area contributed by atoms with Crippen molar-refractivity contribution in [3.8, 4) is 0 Å². The summed E-state index contributed by atoms with van der Waals surface area (Å²) in [6.45, 7) is 4.51. The van der Waals surface area contributed by atoms with Crippen molar-refractivity contribution in [2.24, 2.45) is 0 Å². The van der Waals surface area contributed by atoms with Gasteiger partial charge in [-0.05, 0) is 37.6 Å². The van der Waals surface area contributed by atoms with Crippen LogP contribution >= 0.6 is 15.9 Å². The van der Waals surface area contributed by atoms with Gasteiger partial charge in [0, 0.05) is 28.6 Å². The van der Waals surface area contributed by atoms with E-state index in [2.05, 4.69) is 15.9 Å². The maximum Gasteiger partial charge on any atom is 0.328 e. The van der Waals surface area contributed by atoms with Crippen LogP contribution in [0.25, 0.3) is 0 Å². The Hall–Kier alpha value is -1.49. The number of rotatable bonds is 3. The van der Waals surface area contributed by atoms with Crippen molar-refractivity contribution in [1.82, 2.24) is 9.13 Å². The number of imidazole rings is 1. The predicted molar refractivity (Wildman–Crippen MR) is 76.7 cm³/mol. The summed E-state index contributed by atoms with van der Waals surface area (Å²) in [6.07, 6.45) is 3.62. The minimum absolute atomic E-state index is 0.00328. The Morgan fingerprint density at radius 3 is 2.56 bits per heavy atom. The molecule has 2 aromatic rings. The molecule has 0 unspecified atom stereocenters. The molecule has 1 aromatic heterocycles. The van der Waals surface area contributed by atoms with Crippen molar-refractivity contribution < 1.29 is 0 Å². The molecule has 0 atom stereocenters. The molecular weight excluding hydrogens is 294 g/mol. The second-order valence-corrected chi connectivity index (χ2v) is 5.52. The molecule has 0 saturated heterocycles. The van der Waals surface area contributed by atoms with E-state index in [-0.39, 0.29) is 11.7 Å². The van der Waals surface area contributed by atoms with Crippen molar-refractivity contribution >= 4 is 21.6 Å². The number of nitrogen functional groups attached to an aromatic ring is 1. The van der Waals surface area contributed by atoms with Crippen LogP contribution in [0.1, 0.15) is 25.5 Å². The van der Waals surface area contributed by atoms with E-state index >= 15 is 0 Å². The standard InChI is InChI=1S/C13H16BrN3O/c1-9(2)17-4-3-16(13(17)18)8-10-5-11(14)7-12(15)6-10/h3-7,9H,8,15H2,1-2H3. The van der Waals surface area contributed by atoms with Gasteiger partial charge in [0.25, 0.3) is 0 Å². The average molecular weight is 310 g/mol. The largest absolute Gasteiger partial charge is 0.399 e. The van der Waals surface area contributed by atoms with Gasteiger partial charge in [0.1, 0.15) is 0 Å². The maximum atomic E-state index is 12.1. The molecule has 0 amide bonds. The van der Waals surface area contributed by atoms with Crippen molar-refractivity contribution in [3.63, 3.8) is 0 Å². The van der Waals surface area contributed by atoms with Gasteiger partial charge in [0.2, 0.25) is 0 Å². The van der Waals surface area contributed by atoms with E-state index in [1.165, 1.54) is 0 Å². The first kappa shape index (κ1) is 13.0. The first-order valence-electron chi connectivity index (χ1n) is 5.79. The minimum atomic E-state index is 0.00328. The van der Waals surface area contributed by atoms with Gasteiger partial charge < -0.3 is 5.73 Å². The zero-order chi connectivity index (χ0) is 13.3. The summed E-state index contributed by atoms with van der Waals surface area (Å²) >= 11 is 3.40. The van der Waals surface area contributed by atoms with Crippen molar-refractivity contribution in [2.75, 3.05) is 5.73 Å². The number of hydrogen-bond acceptors (Lipinski definition) is 2. The molecule has 5 heteroatoms. The molecule has 0 saturated carbocycles. The minimum Gasteiger partial charge on any atom is -0.399 e. The third-order valence-electron chi connectivity index (χ3n) is 2.76. The molecule has 4 nitrogen and oxygen atoms in total. The molecule has 0 fully saturated rings. The van der Waals surface area contributed by atoms with Crippen LogP contribution in [0.2, 0.25) is 0 Å². The van der Waals surface area contributed by atoms with Gasteiger partial charge in [0.05, 0.1) is 6.54 Å². The molecule has 96 valence electrons. The number of anilines is 1. The van der Waals surface area contributed by atoms with E-state index in [1.807, 2.05) is 38.2 Å². The fourth-order valence-electron chi connectivity index (χ4n) is 1.90. The summed E-state index contributed by atoms with van der Waals surface area (Å²) in [5.41, 5.74) is 7.48. The van der Waals surface area contributed by atoms with Gasteiger partial charge in [-0.25, -0.2) is 4.79 Å². The van der Waals surface area contributed by atoms with Gasteiger partial charge in [0.15, 0.2) is 0 Å². The second kappa shape index (κ2) is 5.02. The Morgan fingerprint density at radius 2 is 2.00 bits per heavy atom. The molecule has 2 N–H and O–H groups in total. The first-order valence-corrected chi connectivity index (χ1v) is 6.59. The summed E-state index contributed by atoms with van der Waals surface area (Å²) in [6, 6.07) is 5.86. The summed E-state index contributed by atoms with van der Waals surface area (Å²) in [4.78, 5) is 12.1. The third kappa shape index (κ3) is 2.67. The molecule has 0 aliphatic carbocycles. The smallest absolute Gasteiger partial charge is 0.328 e. The monoisotopic (exact) mass is 309 g/mol. The van der Waals surface area contributed by atoms with Crippen molar-refractivity contribution in [1.29, 1.82) is 0 Å². The van der Waals surface area contributed by atoms with Gasteiger partial charge >= 0.3 is 5.69 Å². The zero-order valence-corrected chi connectivity index (χ0v) is 12.0. The number of nitrogens with zero attached hydrogens (tertiary/aromatic N) is 2. The van der Waals surface area contributed by atoms with Gasteiger partial charge in [-0.1, -0.05) is 15.9 Å².